The van der Waals surface area contributed by atoms with Crippen molar-refractivity contribution in [2.75, 3.05) is 0 Å². The van der Waals surface area contributed by atoms with E-state index in [1.165, 1.54) is 21.5 Å². The predicted octanol–water partition coefficient (Wildman–Crippen LogP) is 12.4. The summed E-state index contributed by atoms with van der Waals surface area (Å²) in [6.07, 6.45) is 0. The van der Waals surface area contributed by atoms with E-state index in [9.17, 15) is 0 Å². The molecule has 53 heavy (non-hydrogen) atoms. The van der Waals surface area contributed by atoms with E-state index in [0.29, 0.717) is 11.6 Å². The van der Waals surface area contributed by atoms with Gasteiger partial charge in [0.2, 0.25) is 0 Å². The standard InChI is InChI=1S/C48H30N4O/c1-3-16-32(17-4-1)51-42-26-10-8-20-34(42)36-22-13-24-38(46(36)51)40-30-41(50-48(49-40)45-29-31-15-7-12-28-44(31)53-45)39-25-14-23-37-35-21-9-11-27-43(35)52(47(37)39)33-18-5-2-6-19-33/h1-30H. The predicted molar refractivity (Wildman–Crippen MR) is 217 cm³/mol. The molecule has 5 heteroatoms. The Balaban J connectivity index is 1.25. The maximum atomic E-state index is 6.46. The summed E-state index contributed by atoms with van der Waals surface area (Å²) in [6, 6.07) is 63.7. The molecule has 0 saturated heterocycles. The van der Waals surface area contributed by atoms with Crippen LogP contribution in [-0.2, 0) is 0 Å². The van der Waals surface area contributed by atoms with Crippen molar-refractivity contribution in [1.29, 1.82) is 0 Å². The van der Waals surface area contributed by atoms with Crippen LogP contribution in [0.2, 0.25) is 0 Å². The van der Waals surface area contributed by atoms with Crippen LogP contribution in [0, 0.1) is 0 Å². The fourth-order valence-electron chi connectivity index (χ4n) is 8.07. The van der Waals surface area contributed by atoms with Crippen molar-refractivity contribution in [2.45, 2.75) is 0 Å². The first-order valence-corrected chi connectivity index (χ1v) is 17.8. The number of furan rings is 1. The molecular weight excluding hydrogens is 649 g/mol. The van der Waals surface area contributed by atoms with E-state index < -0.39 is 0 Å². The fourth-order valence-corrected chi connectivity index (χ4v) is 8.07. The van der Waals surface area contributed by atoms with Crippen LogP contribution in [0.5, 0.6) is 0 Å². The van der Waals surface area contributed by atoms with Gasteiger partial charge >= 0.3 is 0 Å². The third-order valence-corrected chi connectivity index (χ3v) is 10.3. The van der Waals surface area contributed by atoms with Crippen LogP contribution in [0.4, 0.5) is 0 Å². The molecular formula is C48H30N4O. The summed E-state index contributed by atoms with van der Waals surface area (Å²) in [7, 11) is 0. The van der Waals surface area contributed by atoms with E-state index in [1.807, 2.05) is 24.3 Å². The second-order valence-electron chi connectivity index (χ2n) is 13.4. The van der Waals surface area contributed by atoms with E-state index in [1.54, 1.807) is 0 Å². The van der Waals surface area contributed by atoms with Gasteiger partial charge in [0, 0.05) is 49.4 Å². The quantitative estimate of drug-likeness (QED) is 0.182. The molecule has 0 fully saturated rings. The summed E-state index contributed by atoms with van der Waals surface area (Å²) in [5.41, 5.74) is 11.1. The maximum Gasteiger partial charge on any atom is 0.196 e. The van der Waals surface area contributed by atoms with Crippen molar-refractivity contribution in [3.8, 4) is 45.5 Å². The maximum absolute atomic E-state index is 6.46. The number of hydrogen-bond donors (Lipinski definition) is 0. The van der Waals surface area contributed by atoms with Crippen LogP contribution in [-0.4, -0.2) is 19.1 Å². The highest BCUT2D eigenvalue weighted by Gasteiger charge is 2.22. The topological polar surface area (TPSA) is 48.8 Å². The molecule has 5 nitrogen and oxygen atoms in total. The first-order valence-electron chi connectivity index (χ1n) is 17.8. The minimum Gasteiger partial charge on any atom is -0.453 e. The van der Waals surface area contributed by atoms with Gasteiger partial charge in [-0.2, -0.15) is 0 Å². The minimum absolute atomic E-state index is 0.535. The van der Waals surface area contributed by atoms with Gasteiger partial charge in [0.1, 0.15) is 5.58 Å². The summed E-state index contributed by atoms with van der Waals surface area (Å²) >= 11 is 0. The van der Waals surface area contributed by atoms with Gasteiger partial charge in [-0.05, 0) is 54.6 Å². The molecule has 0 spiro atoms. The zero-order valence-electron chi connectivity index (χ0n) is 28.5. The molecule has 0 aliphatic carbocycles. The number of nitrogens with zero attached hydrogens (tertiary/aromatic N) is 4. The first kappa shape index (κ1) is 29.5. The van der Waals surface area contributed by atoms with Crippen molar-refractivity contribution < 1.29 is 4.42 Å². The second kappa shape index (κ2) is 11.7. The molecule has 0 unspecified atom stereocenters. The van der Waals surface area contributed by atoms with Gasteiger partial charge in [0.15, 0.2) is 11.6 Å². The number of hydrogen-bond acceptors (Lipinski definition) is 3. The fraction of sp³-hybridized carbons (Fsp3) is 0. The van der Waals surface area contributed by atoms with Gasteiger partial charge in [-0.25, -0.2) is 9.97 Å². The number of rotatable bonds is 5. The van der Waals surface area contributed by atoms with Crippen molar-refractivity contribution in [1.82, 2.24) is 19.1 Å². The van der Waals surface area contributed by atoms with Gasteiger partial charge < -0.3 is 13.6 Å². The third kappa shape index (κ3) is 4.57. The number of fused-ring (bicyclic) bond motifs is 7. The molecule has 0 bridgehead atoms. The van der Waals surface area contributed by atoms with Gasteiger partial charge in [-0.15, -0.1) is 0 Å². The van der Waals surface area contributed by atoms with E-state index in [4.69, 9.17) is 14.4 Å². The van der Waals surface area contributed by atoms with Crippen LogP contribution in [0.15, 0.2) is 186 Å². The van der Waals surface area contributed by atoms with Gasteiger partial charge in [-0.3, -0.25) is 0 Å². The molecule has 11 aromatic rings. The minimum atomic E-state index is 0.535. The molecule has 0 N–H and O–H groups in total. The molecule has 0 saturated carbocycles. The lowest BCUT2D eigenvalue weighted by atomic mass is 10.0. The van der Waals surface area contributed by atoms with Crippen LogP contribution >= 0.6 is 0 Å². The zero-order chi connectivity index (χ0) is 34.9. The Kier molecular flexibility index (Phi) is 6.48. The van der Waals surface area contributed by atoms with E-state index in [0.717, 1.165) is 66.9 Å². The third-order valence-electron chi connectivity index (χ3n) is 10.3. The van der Waals surface area contributed by atoms with Crippen LogP contribution in [0.3, 0.4) is 0 Å². The number of para-hydroxylation sites is 7. The molecule has 248 valence electrons. The summed E-state index contributed by atoms with van der Waals surface area (Å²) in [5.74, 6) is 1.16. The summed E-state index contributed by atoms with van der Waals surface area (Å²) < 4.78 is 11.2. The van der Waals surface area contributed by atoms with E-state index in [2.05, 4.69) is 167 Å². The average molecular weight is 679 g/mol. The summed E-state index contributed by atoms with van der Waals surface area (Å²) in [6.45, 7) is 0. The Bertz CT molecular complexity index is 2960. The zero-order valence-corrected chi connectivity index (χ0v) is 28.5. The van der Waals surface area contributed by atoms with Gasteiger partial charge in [0.25, 0.3) is 0 Å². The van der Waals surface area contributed by atoms with Crippen molar-refractivity contribution in [3.05, 3.63) is 182 Å². The molecule has 0 atom stereocenters. The van der Waals surface area contributed by atoms with E-state index >= 15 is 0 Å². The summed E-state index contributed by atoms with van der Waals surface area (Å²) in [5, 5.41) is 5.72. The molecule has 4 heterocycles. The highest BCUT2D eigenvalue weighted by atomic mass is 16.3. The van der Waals surface area contributed by atoms with E-state index in [-0.39, 0.29) is 0 Å². The lowest BCUT2D eigenvalue weighted by Gasteiger charge is -2.14. The molecule has 7 aromatic carbocycles. The smallest absolute Gasteiger partial charge is 0.196 e. The lowest BCUT2D eigenvalue weighted by Crippen LogP contribution is -2.00. The van der Waals surface area contributed by atoms with Crippen LogP contribution in [0.1, 0.15) is 0 Å². The molecule has 11 rings (SSSR count). The Labute approximate surface area is 304 Å². The monoisotopic (exact) mass is 678 g/mol. The largest absolute Gasteiger partial charge is 0.453 e. The lowest BCUT2D eigenvalue weighted by molar-refractivity contribution is 0.625. The average Bonchev–Trinajstić information content (AvgIpc) is 3.92. The Hall–Kier alpha value is -7.24. The molecule has 4 aromatic heterocycles. The SMILES string of the molecule is c1ccc(-n2c3ccccc3c3cccc(-c4cc(-c5cccc6c7ccccc7n(-c7ccccc7)c56)nc(-c5cc6ccccc6o5)n4)c32)cc1. The number of aromatic nitrogens is 4. The van der Waals surface area contributed by atoms with Crippen LogP contribution < -0.4 is 0 Å². The van der Waals surface area contributed by atoms with Crippen LogP contribution in [0.25, 0.3) is 100 Å². The highest BCUT2D eigenvalue weighted by molar-refractivity contribution is 6.15. The van der Waals surface area contributed by atoms with Crippen molar-refractivity contribution in [3.63, 3.8) is 0 Å². The number of benzene rings is 7. The molecule has 0 aliphatic heterocycles. The van der Waals surface area contributed by atoms with Crippen molar-refractivity contribution >= 4 is 54.6 Å². The Morgan fingerprint density at radius 2 is 0.868 bits per heavy atom. The summed E-state index contributed by atoms with van der Waals surface area (Å²) in [4.78, 5) is 10.7. The molecule has 0 radical (unpaired) electrons. The Morgan fingerprint density at radius 1 is 0.396 bits per heavy atom. The molecule has 0 amide bonds. The van der Waals surface area contributed by atoms with Gasteiger partial charge in [-0.1, -0.05) is 127 Å². The first-order chi connectivity index (χ1) is 26.3. The normalized spacial score (nSPS) is 11.8. The molecule has 0 aliphatic rings. The van der Waals surface area contributed by atoms with Crippen molar-refractivity contribution in [2.24, 2.45) is 0 Å². The highest BCUT2D eigenvalue weighted by Crippen LogP contribution is 2.42. The Morgan fingerprint density at radius 3 is 1.42 bits per heavy atom. The van der Waals surface area contributed by atoms with Gasteiger partial charge in [0.05, 0.1) is 33.5 Å². The second-order valence-corrected chi connectivity index (χ2v) is 13.4.